The maximum Gasteiger partial charge on any atom is 0.430 e. The minimum Gasteiger partial charge on any atom is -0.460 e. The first kappa shape index (κ1) is 9.76. The third kappa shape index (κ3) is 2.18. The molecule has 5 heteroatoms. The van der Waals surface area contributed by atoms with Crippen molar-refractivity contribution in [3.63, 3.8) is 0 Å². The lowest BCUT2D eigenvalue weighted by Gasteiger charge is -2.02. The molecule has 0 aliphatic carbocycles. The Morgan fingerprint density at radius 3 is 2.93 bits per heavy atom. The van der Waals surface area contributed by atoms with Gasteiger partial charge in [0.1, 0.15) is 17.6 Å². The van der Waals surface area contributed by atoms with Crippen LogP contribution in [0.2, 0.25) is 0 Å². The fourth-order valence-electron chi connectivity index (χ4n) is 1.33. The first-order valence-corrected chi connectivity index (χ1v) is 4.74. The Labute approximate surface area is 87.3 Å². The van der Waals surface area contributed by atoms with Gasteiger partial charge in [0.15, 0.2) is 0 Å². The van der Waals surface area contributed by atoms with Crippen LogP contribution >= 0.6 is 0 Å². The Bertz CT molecular complexity index is 397. The van der Waals surface area contributed by atoms with Gasteiger partial charge in [0, 0.05) is 0 Å². The summed E-state index contributed by atoms with van der Waals surface area (Å²) < 4.78 is 10.2. The fourth-order valence-corrected chi connectivity index (χ4v) is 1.33. The van der Waals surface area contributed by atoms with Crippen LogP contribution in [0.15, 0.2) is 21.7 Å². The summed E-state index contributed by atoms with van der Waals surface area (Å²) in [7, 11) is 0. The maximum absolute atomic E-state index is 11.2. The second kappa shape index (κ2) is 3.76. The van der Waals surface area contributed by atoms with E-state index >= 15 is 0 Å². The topological polar surface area (TPSA) is 55.0 Å². The molecule has 1 atom stereocenters. The van der Waals surface area contributed by atoms with Crippen molar-refractivity contribution in [1.29, 1.82) is 0 Å². The number of hydrazone groups is 1. The molecule has 0 radical (unpaired) electrons. The highest BCUT2D eigenvalue weighted by atomic mass is 16.6. The zero-order chi connectivity index (χ0) is 10.8. The number of carbonyl (C=O) groups excluding carboxylic acids is 1. The molecule has 5 nitrogen and oxygen atoms in total. The highest BCUT2D eigenvalue weighted by molar-refractivity contribution is 5.78. The van der Waals surface area contributed by atoms with Crippen molar-refractivity contribution in [3.8, 4) is 0 Å². The van der Waals surface area contributed by atoms with Gasteiger partial charge in [-0.3, -0.25) is 0 Å². The number of furan rings is 1. The van der Waals surface area contributed by atoms with Gasteiger partial charge in [0.05, 0.1) is 12.8 Å². The molecule has 2 rings (SSSR count). The largest absolute Gasteiger partial charge is 0.460 e. The average molecular weight is 208 g/mol. The van der Waals surface area contributed by atoms with Gasteiger partial charge in [0.2, 0.25) is 0 Å². The van der Waals surface area contributed by atoms with Gasteiger partial charge in [-0.05, 0) is 26.0 Å². The molecule has 0 aromatic carbocycles. The smallest absolute Gasteiger partial charge is 0.430 e. The minimum absolute atomic E-state index is 0.104. The number of ether oxygens (including phenoxy) is 1. The van der Waals surface area contributed by atoms with Crippen LogP contribution in [-0.4, -0.2) is 30.0 Å². The van der Waals surface area contributed by atoms with E-state index in [2.05, 4.69) is 5.10 Å². The van der Waals surface area contributed by atoms with Gasteiger partial charge in [-0.2, -0.15) is 10.1 Å². The molecule has 1 aliphatic rings. The van der Waals surface area contributed by atoms with Gasteiger partial charge in [-0.25, -0.2) is 4.79 Å². The van der Waals surface area contributed by atoms with E-state index in [1.54, 1.807) is 6.07 Å². The van der Waals surface area contributed by atoms with Crippen LogP contribution in [0, 0.1) is 6.92 Å². The van der Waals surface area contributed by atoms with Crippen molar-refractivity contribution in [1.82, 2.24) is 5.01 Å². The standard InChI is InChI=1S/C10H12N2O3/c1-7-3-4-9(14-7)5-11-12-6-8(2)15-10(12)13/h3-5,8H,6H2,1-2H3/b11-5+. The maximum atomic E-state index is 11.2. The number of nitrogens with zero attached hydrogens (tertiary/aromatic N) is 2. The highest BCUT2D eigenvalue weighted by Gasteiger charge is 2.27. The summed E-state index contributed by atoms with van der Waals surface area (Å²) in [5.74, 6) is 1.44. The molecule has 1 fully saturated rings. The third-order valence-corrected chi connectivity index (χ3v) is 2.03. The SMILES string of the molecule is Cc1ccc(/C=N/N2CC(C)OC2=O)o1. The summed E-state index contributed by atoms with van der Waals surface area (Å²) >= 11 is 0. The molecule has 1 aliphatic heterocycles. The molecule has 1 aromatic heterocycles. The number of cyclic esters (lactones) is 1. The van der Waals surface area contributed by atoms with E-state index in [1.807, 2.05) is 19.9 Å². The Morgan fingerprint density at radius 2 is 2.40 bits per heavy atom. The zero-order valence-corrected chi connectivity index (χ0v) is 8.64. The molecular formula is C10H12N2O3. The summed E-state index contributed by atoms with van der Waals surface area (Å²) in [6, 6.07) is 3.63. The lowest BCUT2D eigenvalue weighted by atomic mass is 10.4. The molecule has 15 heavy (non-hydrogen) atoms. The summed E-state index contributed by atoms with van der Waals surface area (Å²) in [5, 5.41) is 5.26. The van der Waals surface area contributed by atoms with Gasteiger partial charge in [0.25, 0.3) is 0 Å². The van der Waals surface area contributed by atoms with Crippen LogP contribution in [-0.2, 0) is 4.74 Å². The molecule has 0 saturated carbocycles. The van der Waals surface area contributed by atoms with Gasteiger partial charge in [-0.1, -0.05) is 0 Å². The number of carbonyl (C=O) groups is 1. The molecule has 2 heterocycles. The van der Waals surface area contributed by atoms with Crippen molar-refractivity contribution in [3.05, 3.63) is 23.7 Å². The van der Waals surface area contributed by atoms with Gasteiger partial charge < -0.3 is 9.15 Å². The number of amides is 1. The molecule has 0 bridgehead atoms. The van der Waals surface area contributed by atoms with Gasteiger partial charge in [-0.15, -0.1) is 0 Å². The van der Waals surface area contributed by atoms with Crippen molar-refractivity contribution in [2.75, 3.05) is 6.54 Å². The van der Waals surface area contributed by atoms with Crippen LogP contribution in [0.1, 0.15) is 18.4 Å². The van der Waals surface area contributed by atoms with Crippen molar-refractivity contribution in [2.45, 2.75) is 20.0 Å². The van der Waals surface area contributed by atoms with Crippen LogP contribution in [0.4, 0.5) is 4.79 Å². The van der Waals surface area contributed by atoms with Crippen LogP contribution in [0.5, 0.6) is 0 Å². The van der Waals surface area contributed by atoms with E-state index in [0.29, 0.717) is 12.3 Å². The highest BCUT2D eigenvalue weighted by Crippen LogP contribution is 2.11. The van der Waals surface area contributed by atoms with E-state index in [0.717, 1.165) is 5.76 Å². The molecule has 0 N–H and O–H groups in total. The van der Waals surface area contributed by atoms with E-state index in [-0.39, 0.29) is 6.10 Å². The number of hydrogen-bond acceptors (Lipinski definition) is 4. The number of hydrogen-bond donors (Lipinski definition) is 0. The van der Waals surface area contributed by atoms with E-state index in [1.165, 1.54) is 11.2 Å². The van der Waals surface area contributed by atoms with Crippen LogP contribution in [0.25, 0.3) is 0 Å². The summed E-state index contributed by atoms with van der Waals surface area (Å²) in [6.45, 7) is 4.16. The minimum atomic E-state index is -0.415. The quantitative estimate of drug-likeness (QED) is 0.696. The molecular weight excluding hydrogens is 196 g/mol. The Kier molecular flexibility index (Phi) is 2.45. The summed E-state index contributed by atoms with van der Waals surface area (Å²) in [5.41, 5.74) is 0. The van der Waals surface area contributed by atoms with Crippen molar-refractivity contribution < 1.29 is 13.9 Å². The Morgan fingerprint density at radius 1 is 1.60 bits per heavy atom. The van der Waals surface area contributed by atoms with Crippen LogP contribution < -0.4 is 0 Å². The predicted octanol–water partition coefficient (Wildman–Crippen LogP) is 1.76. The third-order valence-electron chi connectivity index (χ3n) is 2.03. The average Bonchev–Trinajstić information content (AvgIpc) is 2.70. The molecule has 1 saturated heterocycles. The molecule has 80 valence electrons. The first-order chi connectivity index (χ1) is 7.15. The van der Waals surface area contributed by atoms with Gasteiger partial charge >= 0.3 is 6.09 Å². The molecule has 1 unspecified atom stereocenters. The monoisotopic (exact) mass is 208 g/mol. The Hall–Kier alpha value is -1.78. The lowest BCUT2D eigenvalue weighted by molar-refractivity contribution is 0.139. The summed E-state index contributed by atoms with van der Waals surface area (Å²) in [4.78, 5) is 11.2. The predicted molar refractivity (Wildman–Crippen MR) is 53.7 cm³/mol. The first-order valence-electron chi connectivity index (χ1n) is 4.74. The van der Waals surface area contributed by atoms with E-state index in [4.69, 9.17) is 9.15 Å². The second-order valence-corrected chi connectivity index (χ2v) is 3.47. The summed E-state index contributed by atoms with van der Waals surface area (Å²) in [6.07, 6.45) is 0.988. The second-order valence-electron chi connectivity index (χ2n) is 3.47. The Balaban J connectivity index is 2.03. The fraction of sp³-hybridized carbons (Fsp3) is 0.400. The molecule has 1 amide bonds. The number of rotatable bonds is 2. The molecule has 0 spiro atoms. The van der Waals surface area contributed by atoms with E-state index < -0.39 is 6.09 Å². The normalized spacial score (nSPS) is 21.3. The molecule has 1 aromatic rings. The van der Waals surface area contributed by atoms with Crippen molar-refractivity contribution >= 4 is 12.3 Å². The van der Waals surface area contributed by atoms with Crippen LogP contribution in [0.3, 0.4) is 0 Å². The number of aryl methyl sites for hydroxylation is 1. The zero-order valence-electron chi connectivity index (χ0n) is 8.64. The lowest BCUT2D eigenvalue weighted by Crippen LogP contribution is -2.18. The van der Waals surface area contributed by atoms with E-state index in [9.17, 15) is 4.79 Å². The van der Waals surface area contributed by atoms with Crippen molar-refractivity contribution in [2.24, 2.45) is 5.10 Å².